The fourth-order valence-corrected chi connectivity index (χ4v) is 1.65. The highest BCUT2D eigenvalue weighted by atomic mass is 32.2. The van der Waals surface area contributed by atoms with Gasteiger partial charge in [0.2, 0.25) is 5.91 Å². The van der Waals surface area contributed by atoms with Crippen LogP contribution in [-0.4, -0.2) is 24.1 Å². The van der Waals surface area contributed by atoms with Gasteiger partial charge in [0.05, 0.1) is 0 Å². The Bertz CT molecular complexity index is 345. The Hall–Kier alpha value is -1.22. The standard InChI is InChI=1S/C12H15NOS/c1-4-12(14)13(2)9-10-5-7-11(15-3)8-6-10/h4-8H,1,9H2,2-3H3. The third-order valence-corrected chi connectivity index (χ3v) is 2.87. The lowest BCUT2D eigenvalue weighted by Crippen LogP contribution is -2.23. The Balaban J connectivity index is 2.64. The molecule has 1 rings (SSSR count). The number of likely N-dealkylation sites (N-methyl/N-ethyl adjacent to an activating group) is 1. The van der Waals surface area contributed by atoms with Crippen LogP contribution in [0.15, 0.2) is 41.8 Å². The zero-order valence-electron chi connectivity index (χ0n) is 9.06. The van der Waals surface area contributed by atoms with Gasteiger partial charge in [0.1, 0.15) is 0 Å². The van der Waals surface area contributed by atoms with Gasteiger partial charge in [-0.25, -0.2) is 0 Å². The second-order valence-corrected chi connectivity index (χ2v) is 4.13. The lowest BCUT2D eigenvalue weighted by atomic mass is 10.2. The van der Waals surface area contributed by atoms with Gasteiger partial charge in [-0.3, -0.25) is 4.79 Å². The van der Waals surface area contributed by atoms with Gasteiger partial charge in [-0.15, -0.1) is 11.8 Å². The Morgan fingerprint density at radius 2 is 2.07 bits per heavy atom. The summed E-state index contributed by atoms with van der Waals surface area (Å²) < 4.78 is 0. The maximum Gasteiger partial charge on any atom is 0.245 e. The smallest absolute Gasteiger partial charge is 0.245 e. The molecule has 0 unspecified atom stereocenters. The minimum atomic E-state index is -0.0519. The van der Waals surface area contributed by atoms with Crippen LogP contribution >= 0.6 is 11.8 Å². The Labute approximate surface area is 95.0 Å². The van der Waals surface area contributed by atoms with Crippen LogP contribution in [0.25, 0.3) is 0 Å². The van der Waals surface area contributed by atoms with E-state index in [0.717, 1.165) is 5.56 Å². The van der Waals surface area contributed by atoms with Crippen LogP contribution in [0.3, 0.4) is 0 Å². The average molecular weight is 221 g/mol. The molecular formula is C12H15NOS. The van der Waals surface area contributed by atoms with E-state index in [2.05, 4.69) is 18.7 Å². The van der Waals surface area contributed by atoms with Crippen LogP contribution in [-0.2, 0) is 11.3 Å². The molecule has 0 spiro atoms. The number of thioether (sulfide) groups is 1. The molecule has 0 aliphatic heterocycles. The molecule has 1 aromatic carbocycles. The van der Waals surface area contributed by atoms with Crippen LogP contribution in [0, 0.1) is 0 Å². The summed E-state index contributed by atoms with van der Waals surface area (Å²) in [6.07, 6.45) is 3.37. The second-order valence-electron chi connectivity index (χ2n) is 3.25. The van der Waals surface area contributed by atoms with Crippen LogP contribution in [0.5, 0.6) is 0 Å². The van der Waals surface area contributed by atoms with Crippen molar-refractivity contribution in [2.45, 2.75) is 11.4 Å². The lowest BCUT2D eigenvalue weighted by Gasteiger charge is -2.14. The van der Waals surface area contributed by atoms with Crippen molar-refractivity contribution in [1.82, 2.24) is 4.90 Å². The topological polar surface area (TPSA) is 20.3 Å². The summed E-state index contributed by atoms with van der Waals surface area (Å²) in [7, 11) is 1.77. The molecule has 0 fully saturated rings. The molecule has 0 aliphatic carbocycles. The molecule has 0 radical (unpaired) electrons. The van der Waals surface area contributed by atoms with Gasteiger partial charge < -0.3 is 4.90 Å². The Kier molecular flexibility index (Phi) is 4.43. The number of hydrogen-bond donors (Lipinski definition) is 0. The zero-order valence-corrected chi connectivity index (χ0v) is 9.88. The van der Waals surface area contributed by atoms with Crippen molar-refractivity contribution < 1.29 is 4.79 Å². The summed E-state index contributed by atoms with van der Waals surface area (Å²) in [5, 5.41) is 0. The third-order valence-electron chi connectivity index (χ3n) is 2.13. The molecular weight excluding hydrogens is 206 g/mol. The van der Waals surface area contributed by atoms with Gasteiger partial charge in [0.15, 0.2) is 0 Å². The van der Waals surface area contributed by atoms with E-state index in [1.165, 1.54) is 11.0 Å². The van der Waals surface area contributed by atoms with Gasteiger partial charge in [-0.1, -0.05) is 18.7 Å². The first-order chi connectivity index (χ1) is 7.17. The minimum Gasteiger partial charge on any atom is -0.338 e. The van der Waals surface area contributed by atoms with E-state index in [0.29, 0.717) is 6.54 Å². The third kappa shape index (κ3) is 3.44. The summed E-state index contributed by atoms with van der Waals surface area (Å²) in [5.41, 5.74) is 1.13. The normalized spacial score (nSPS) is 9.73. The lowest BCUT2D eigenvalue weighted by molar-refractivity contribution is -0.125. The van der Waals surface area contributed by atoms with Crippen molar-refractivity contribution in [3.63, 3.8) is 0 Å². The Morgan fingerprint density at radius 3 is 2.53 bits per heavy atom. The highest BCUT2D eigenvalue weighted by Crippen LogP contribution is 2.15. The molecule has 80 valence electrons. The van der Waals surface area contributed by atoms with Crippen LogP contribution in [0.2, 0.25) is 0 Å². The molecule has 0 N–H and O–H groups in total. The summed E-state index contributed by atoms with van der Waals surface area (Å²) in [6.45, 7) is 4.08. The van der Waals surface area contributed by atoms with Crippen LogP contribution < -0.4 is 0 Å². The SMILES string of the molecule is C=CC(=O)N(C)Cc1ccc(SC)cc1. The molecule has 15 heavy (non-hydrogen) atoms. The van der Waals surface area contributed by atoms with Gasteiger partial charge in [-0.2, -0.15) is 0 Å². The molecule has 0 atom stereocenters. The molecule has 1 amide bonds. The predicted molar refractivity (Wildman–Crippen MR) is 64.9 cm³/mol. The monoisotopic (exact) mass is 221 g/mol. The first-order valence-corrected chi connectivity index (χ1v) is 5.90. The molecule has 0 aliphatic rings. The maximum atomic E-state index is 11.2. The van der Waals surface area contributed by atoms with Gasteiger partial charge in [0, 0.05) is 18.5 Å². The van der Waals surface area contributed by atoms with Crippen molar-refractivity contribution in [1.29, 1.82) is 0 Å². The number of rotatable bonds is 4. The van der Waals surface area contributed by atoms with E-state index >= 15 is 0 Å². The van der Waals surface area contributed by atoms with E-state index in [4.69, 9.17) is 0 Å². The summed E-state index contributed by atoms with van der Waals surface area (Å²) in [6, 6.07) is 8.20. The van der Waals surface area contributed by atoms with E-state index < -0.39 is 0 Å². The van der Waals surface area contributed by atoms with Gasteiger partial charge >= 0.3 is 0 Å². The molecule has 0 bridgehead atoms. The number of carbonyl (C=O) groups is 1. The molecule has 0 saturated heterocycles. The van der Waals surface area contributed by atoms with E-state index in [1.54, 1.807) is 23.7 Å². The van der Waals surface area contributed by atoms with E-state index in [1.807, 2.05) is 18.4 Å². The summed E-state index contributed by atoms with van der Waals surface area (Å²) in [4.78, 5) is 14.1. The van der Waals surface area contributed by atoms with E-state index in [-0.39, 0.29) is 5.91 Å². The minimum absolute atomic E-state index is 0.0519. The van der Waals surface area contributed by atoms with Crippen LogP contribution in [0.1, 0.15) is 5.56 Å². The number of benzene rings is 1. The number of hydrogen-bond acceptors (Lipinski definition) is 2. The second kappa shape index (κ2) is 5.61. The Morgan fingerprint density at radius 1 is 1.47 bits per heavy atom. The maximum absolute atomic E-state index is 11.2. The molecule has 0 heterocycles. The quantitative estimate of drug-likeness (QED) is 0.575. The summed E-state index contributed by atoms with van der Waals surface area (Å²) in [5.74, 6) is -0.0519. The number of nitrogens with zero attached hydrogens (tertiary/aromatic N) is 1. The first kappa shape index (κ1) is 11.9. The highest BCUT2D eigenvalue weighted by molar-refractivity contribution is 7.98. The molecule has 2 nitrogen and oxygen atoms in total. The van der Waals surface area contributed by atoms with Crippen molar-refractivity contribution in [3.05, 3.63) is 42.5 Å². The van der Waals surface area contributed by atoms with Crippen molar-refractivity contribution in [2.24, 2.45) is 0 Å². The molecule has 0 aromatic heterocycles. The molecule has 0 saturated carbocycles. The average Bonchev–Trinajstić information content (AvgIpc) is 2.29. The van der Waals surface area contributed by atoms with Crippen molar-refractivity contribution in [3.8, 4) is 0 Å². The fraction of sp³-hybridized carbons (Fsp3) is 0.250. The number of carbonyl (C=O) groups excluding carboxylic acids is 1. The fourth-order valence-electron chi connectivity index (χ4n) is 1.24. The molecule has 3 heteroatoms. The van der Waals surface area contributed by atoms with E-state index in [9.17, 15) is 4.79 Å². The summed E-state index contributed by atoms with van der Waals surface area (Å²) >= 11 is 1.71. The first-order valence-electron chi connectivity index (χ1n) is 4.68. The largest absolute Gasteiger partial charge is 0.338 e. The van der Waals surface area contributed by atoms with Crippen LogP contribution in [0.4, 0.5) is 0 Å². The number of amides is 1. The van der Waals surface area contributed by atoms with Gasteiger partial charge in [0.25, 0.3) is 0 Å². The van der Waals surface area contributed by atoms with Crippen molar-refractivity contribution >= 4 is 17.7 Å². The van der Waals surface area contributed by atoms with Gasteiger partial charge in [-0.05, 0) is 30.0 Å². The highest BCUT2D eigenvalue weighted by Gasteiger charge is 2.04. The zero-order chi connectivity index (χ0) is 11.3. The molecule has 1 aromatic rings. The van der Waals surface area contributed by atoms with Crippen molar-refractivity contribution in [2.75, 3.05) is 13.3 Å². The predicted octanol–water partition coefficient (Wildman–Crippen LogP) is 2.55.